The van der Waals surface area contributed by atoms with Crippen LogP contribution in [0.2, 0.25) is 0 Å². The minimum atomic E-state index is -0.167. The minimum Gasteiger partial charge on any atom is -0.396 e. The Morgan fingerprint density at radius 3 is 2.94 bits per heavy atom. The number of pyridine rings is 1. The number of nitrogen functional groups attached to an aromatic ring is 1. The van der Waals surface area contributed by atoms with Crippen LogP contribution < -0.4 is 11.1 Å². The van der Waals surface area contributed by atoms with E-state index in [9.17, 15) is 4.79 Å². The van der Waals surface area contributed by atoms with Crippen molar-refractivity contribution in [3.05, 3.63) is 40.2 Å². The van der Waals surface area contributed by atoms with Gasteiger partial charge < -0.3 is 11.1 Å². The Balaban J connectivity index is 2.14. The van der Waals surface area contributed by atoms with Crippen LogP contribution >= 0.6 is 11.3 Å². The van der Waals surface area contributed by atoms with Crippen molar-refractivity contribution in [3.63, 3.8) is 0 Å². The Labute approximate surface area is 103 Å². The summed E-state index contributed by atoms with van der Waals surface area (Å²) in [5.41, 5.74) is 6.17. The Bertz CT molecular complexity index is 536. The van der Waals surface area contributed by atoms with Crippen LogP contribution in [0.1, 0.15) is 21.5 Å². The summed E-state index contributed by atoms with van der Waals surface area (Å²) in [7, 11) is 0. The maximum absolute atomic E-state index is 11.9. The summed E-state index contributed by atoms with van der Waals surface area (Å²) in [5.74, 6) is 0.240. The Morgan fingerprint density at radius 2 is 2.29 bits per heavy atom. The molecule has 88 valence electrons. The number of carbonyl (C=O) groups excluding carboxylic acids is 1. The summed E-state index contributed by atoms with van der Waals surface area (Å²) < 4.78 is 0. The summed E-state index contributed by atoms with van der Waals surface area (Å²) in [5, 5.41) is 2.70. The molecule has 0 aliphatic carbocycles. The molecule has 0 unspecified atom stereocenters. The van der Waals surface area contributed by atoms with E-state index in [1.165, 1.54) is 16.2 Å². The van der Waals surface area contributed by atoms with Gasteiger partial charge in [-0.15, -0.1) is 11.3 Å². The van der Waals surface area contributed by atoms with Crippen LogP contribution in [-0.2, 0) is 6.42 Å². The number of thiophene rings is 1. The number of aryl methyl sites for hydroxylation is 1. The summed E-state index contributed by atoms with van der Waals surface area (Å²) in [6.45, 7) is 2.06. The number of amides is 1. The lowest BCUT2D eigenvalue weighted by Gasteiger charge is -2.04. The zero-order chi connectivity index (χ0) is 12.3. The first-order valence-electron chi connectivity index (χ1n) is 5.31. The third-order valence-electron chi connectivity index (χ3n) is 2.30. The van der Waals surface area contributed by atoms with Crippen LogP contribution in [0.4, 0.5) is 11.5 Å². The van der Waals surface area contributed by atoms with Crippen molar-refractivity contribution in [1.29, 1.82) is 0 Å². The summed E-state index contributed by atoms with van der Waals surface area (Å²) >= 11 is 1.49. The van der Waals surface area contributed by atoms with Crippen LogP contribution in [-0.4, -0.2) is 10.9 Å². The van der Waals surface area contributed by atoms with Crippen molar-refractivity contribution in [2.24, 2.45) is 0 Å². The summed E-state index contributed by atoms with van der Waals surface area (Å²) in [4.78, 5) is 17.8. The van der Waals surface area contributed by atoms with Crippen LogP contribution in [0, 0.1) is 0 Å². The van der Waals surface area contributed by atoms with Crippen LogP contribution in [0.25, 0.3) is 0 Å². The van der Waals surface area contributed by atoms with Crippen molar-refractivity contribution in [2.75, 3.05) is 11.1 Å². The lowest BCUT2D eigenvalue weighted by Crippen LogP contribution is -2.12. The first-order chi connectivity index (χ1) is 8.20. The molecule has 0 fully saturated rings. The van der Waals surface area contributed by atoms with Gasteiger partial charge in [0.1, 0.15) is 0 Å². The molecule has 0 atom stereocenters. The zero-order valence-electron chi connectivity index (χ0n) is 9.43. The minimum absolute atomic E-state index is 0.167. The molecule has 0 radical (unpaired) electrons. The first-order valence-corrected chi connectivity index (χ1v) is 6.13. The quantitative estimate of drug-likeness (QED) is 0.875. The van der Waals surface area contributed by atoms with Crippen molar-refractivity contribution < 1.29 is 4.79 Å². The van der Waals surface area contributed by atoms with Gasteiger partial charge in [0, 0.05) is 11.1 Å². The number of carbonyl (C=O) groups is 1. The Hall–Kier alpha value is -1.88. The van der Waals surface area contributed by atoms with Crippen LogP contribution in [0.15, 0.2) is 30.5 Å². The van der Waals surface area contributed by atoms with Gasteiger partial charge in [-0.2, -0.15) is 0 Å². The van der Waals surface area contributed by atoms with Gasteiger partial charge in [-0.3, -0.25) is 4.79 Å². The first kappa shape index (κ1) is 11.6. The SMILES string of the molecule is CCc1ccc(C(=O)Nc2ncccc2N)s1. The molecular weight excluding hydrogens is 234 g/mol. The maximum atomic E-state index is 11.9. The van der Waals surface area contributed by atoms with Gasteiger partial charge in [0.05, 0.1) is 10.6 Å². The lowest BCUT2D eigenvalue weighted by molar-refractivity contribution is 0.103. The molecule has 0 bridgehead atoms. The molecule has 0 aliphatic rings. The highest BCUT2D eigenvalue weighted by molar-refractivity contribution is 7.14. The highest BCUT2D eigenvalue weighted by Crippen LogP contribution is 2.19. The molecule has 3 N–H and O–H groups in total. The van der Waals surface area contributed by atoms with Crippen molar-refractivity contribution in [3.8, 4) is 0 Å². The molecule has 2 aromatic heterocycles. The maximum Gasteiger partial charge on any atom is 0.266 e. The standard InChI is InChI=1S/C12H13N3OS/c1-2-8-5-6-10(17-8)12(16)15-11-9(13)4-3-7-14-11/h3-7H,2,13H2,1H3,(H,14,15,16). The van der Waals surface area contributed by atoms with Gasteiger partial charge in [0.15, 0.2) is 5.82 Å². The smallest absolute Gasteiger partial charge is 0.266 e. The molecule has 0 saturated heterocycles. The second kappa shape index (κ2) is 4.97. The predicted octanol–water partition coefficient (Wildman–Crippen LogP) is 2.54. The molecule has 2 heterocycles. The molecule has 0 saturated carbocycles. The Kier molecular flexibility index (Phi) is 3.39. The zero-order valence-corrected chi connectivity index (χ0v) is 10.3. The molecule has 4 nitrogen and oxygen atoms in total. The third-order valence-corrected chi connectivity index (χ3v) is 3.53. The van der Waals surface area contributed by atoms with E-state index in [0.717, 1.165) is 6.42 Å². The highest BCUT2D eigenvalue weighted by atomic mass is 32.1. The number of rotatable bonds is 3. The number of nitrogens with zero attached hydrogens (tertiary/aromatic N) is 1. The van der Waals surface area contributed by atoms with E-state index in [-0.39, 0.29) is 5.91 Å². The monoisotopic (exact) mass is 247 g/mol. The number of nitrogens with two attached hydrogens (primary N) is 1. The summed E-state index contributed by atoms with van der Waals surface area (Å²) in [6, 6.07) is 7.21. The molecule has 2 rings (SSSR count). The number of aromatic nitrogens is 1. The predicted molar refractivity (Wildman–Crippen MR) is 70.3 cm³/mol. The highest BCUT2D eigenvalue weighted by Gasteiger charge is 2.10. The Morgan fingerprint density at radius 1 is 1.47 bits per heavy atom. The average Bonchev–Trinajstić information content (AvgIpc) is 2.81. The molecule has 17 heavy (non-hydrogen) atoms. The number of nitrogens with one attached hydrogen (secondary N) is 1. The van der Waals surface area contributed by atoms with Gasteiger partial charge in [0.25, 0.3) is 5.91 Å². The van der Waals surface area contributed by atoms with Gasteiger partial charge in [0.2, 0.25) is 0 Å². The molecule has 2 aromatic rings. The molecule has 0 aromatic carbocycles. The van der Waals surface area contributed by atoms with Crippen LogP contribution in [0.3, 0.4) is 0 Å². The van der Waals surface area contributed by atoms with E-state index in [2.05, 4.69) is 17.2 Å². The lowest BCUT2D eigenvalue weighted by atomic mass is 10.3. The van der Waals surface area contributed by atoms with Crippen molar-refractivity contribution >= 4 is 28.7 Å². The number of hydrogen-bond donors (Lipinski definition) is 2. The normalized spacial score (nSPS) is 10.2. The van der Waals surface area contributed by atoms with Crippen molar-refractivity contribution in [1.82, 2.24) is 4.98 Å². The molecule has 0 aliphatic heterocycles. The van der Waals surface area contributed by atoms with Gasteiger partial charge in [-0.05, 0) is 30.7 Å². The summed E-state index contributed by atoms with van der Waals surface area (Å²) in [6.07, 6.45) is 2.53. The molecular formula is C12H13N3OS. The van der Waals surface area contributed by atoms with E-state index in [4.69, 9.17) is 5.73 Å². The van der Waals surface area contributed by atoms with E-state index >= 15 is 0 Å². The van der Waals surface area contributed by atoms with Gasteiger partial charge in [-0.25, -0.2) is 4.98 Å². The number of hydrogen-bond acceptors (Lipinski definition) is 4. The van der Waals surface area contributed by atoms with E-state index in [1.54, 1.807) is 18.3 Å². The fraction of sp³-hybridized carbons (Fsp3) is 0.167. The largest absolute Gasteiger partial charge is 0.396 e. The van der Waals surface area contributed by atoms with E-state index in [1.807, 2.05) is 12.1 Å². The fourth-order valence-electron chi connectivity index (χ4n) is 1.38. The second-order valence-corrected chi connectivity index (χ2v) is 4.68. The number of anilines is 2. The van der Waals surface area contributed by atoms with Crippen molar-refractivity contribution in [2.45, 2.75) is 13.3 Å². The third kappa shape index (κ3) is 2.62. The fourth-order valence-corrected chi connectivity index (χ4v) is 2.22. The van der Waals surface area contributed by atoms with Gasteiger partial charge in [-0.1, -0.05) is 6.92 Å². The molecule has 5 heteroatoms. The molecule has 1 amide bonds. The van der Waals surface area contributed by atoms with Gasteiger partial charge >= 0.3 is 0 Å². The topological polar surface area (TPSA) is 68.0 Å². The molecule has 0 spiro atoms. The van der Waals surface area contributed by atoms with Crippen LogP contribution in [0.5, 0.6) is 0 Å². The second-order valence-electron chi connectivity index (χ2n) is 3.51. The van der Waals surface area contributed by atoms with E-state index in [0.29, 0.717) is 16.4 Å². The van der Waals surface area contributed by atoms with E-state index < -0.39 is 0 Å². The average molecular weight is 247 g/mol.